The molecular weight excluding hydrogens is 552 g/mol. The Bertz CT molecular complexity index is 2150. The molecule has 0 aliphatic carbocycles. The first-order valence-electron chi connectivity index (χ1n) is 15.0. The molecule has 8 aromatic rings. The molecule has 0 bridgehead atoms. The van der Waals surface area contributed by atoms with Crippen LogP contribution in [0.25, 0.3) is 67.1 Å². The third-order valence-corrected chi connectivity index (χ3v) is 8.35. The molecule has 0 aliphatic rings. The van der Waals surface area contributed by atoms with Crippen LogP contribution in [-0.4, -0.2) is 19.1 Å². The van der Waals surface area contributed by atoms with Gasteiger partial charge in [-0.15, -0.1) is 0 Å². The Kier molecular flexibility index (Phi) is 6.50. The van der Waals surface area contributed by atoms with Crippen LogP contribution in [0.4, 0.5) is 0 Å². The molecule has 0 saturated heterocycles. The molecule has 0 amide bonds. The van der Waals surface area contributed by atoms with Gasteiger partial charge in [-0.1, -0.05) is 84.9 Å². The van der Waals surface area contributed by atoms with Crippen LogP contribution in [0.15, 0.2) is 146 Å². The number of ether oxygens (including phenoxy) is 1. The van der Waals surface area contributed by atoms with Crippen molar-refractivity contribution < 1.29 is 4.74 Å². The number of hydrogen-bond acceptors (Lipinski definition) is 3. The lowest BCUT2D eigenvalue weighted by atomic mass is 10.0. The van der Waals surface area contributed by atoms with Gasteiger partial charge in [-0.25, -0.2) is 9.97 Å². The van der Waals surface area contributed by atoms with Crippen LogP contribution in [0.5, 0.6) is 11.5 Å². The Labute approximate surface area is 261 Å². The molecule has 5 nitrogen and oxygen atoms in total. The minimum Gasteiger partial charge on any atom is -0.457 e. The van der Waals surface area contributed by atoms with Gasteiger partial charge in [-0.2, -0.15) is 0 Å². The highest BCUT2D eigenvalue weighted by atomic mass is 16.5. The molecule has 0 N–H and O–H groups in total. The summed E-state index contributed by atoms with van der Waals surface area (Å²) in [4.78, 5) is 10.00. The first-order valence-corrected chi connectivity index (χ1v) is 15.0. The topological polar surface area (TPSA) is 44.9 Å². The molecule has 5 heteroatoms. The highest BCUT2D eigenvalue weighted by Crippen LogP contribution is 2.38. The van der Waals surface area contributed by atoms with Crippen molar-refractivity contribution in [3.63, 3.8) is 0 Å². The smallest absolute Gasteiger partial charge is 0.141 e. The highest BCUT2D eigenvalue weighted by molar-refractivity contribution is 5.84. The third-order valence-electron chi connectivity index (χ3n) is 8.35. The molecule has 0 atom stereocenters. The van der Waals surface area contributed by atoms with E-state index in [0.29, 0.717) is 0 Å². The predicted octanol–water partition coefficient (Wildman–Crippen LogP) is 9.92. The molecule has 0 aliphatic heterocycles. The first kappa shape index (κ1) is 26.7. The normalized spacial score (nSPS) is 11.3. The molecule has 2 aromatic heterocycles. The SMILES string of the molecule is Cn1c(-c2cc(Oc3cc(-c4ccccc4)cc(-c4nc5ccccc5n4C)c3)cc(-c3ccccc3)c2)nc2ccccc21. The van der Waals surface area contributed by atoms with E-state index in [2.05, 4.69) is 132 Å². The number of aromatic nitrogens is 4. The van der Waals surface area contributed by atoms with E-state index in [-0.39, 0.29) is 0 Å². The summed E-state index contributed by atoms with van der Waals surface area (Å²) in [6, 6.07) is 50.0. The van der Waals surface area contributed by atoms with Crippen molar-refractivity contribution in [2.45, 2.75) is 0 Å². The summed E-state index contributed by atoms with van der Waals surface area (Å²) in [6.45, 7) is 0. The van der Waals surface area contributed by atoms with E-state index in [4.69, 9.17) is 14.7 Å². The summed E-state index contributed by atoms with van der Waals surface area (Å²) in [6.07, 6.45) is 0. The fraction of sp³-hybridized carbons (Fsp3) is 0.0500. The van der Waals surface area contributed by atoms with Gasteiger partial charge in [0.25, 0.3) is 0 Å². The Hall–Kier alpha value is -5.94. The van der Waals surface area contributed by atoms with Crippen molar-refractivity contribution in [3.8, 4) is 56.5 Å². The predicted molar refractivity (Wildman–Crippen MR) is 183 cm³/mol. The fourth-order valence-corrected chi connectivity index (χ4v) is 6.11. The number of para-hydroxylation sites is 4. The summed E-state index contributed by atoms with van der Waals surface area (Å²) in [5.41, 5.74) is 10.4. The molecule has 0 unspecified atom stereocenters. The summed E-state index contributed by atoms with van der Waals surface area (Å²) in [7, 11) is 4.12. The van der Waals surface area contributed by atoms with Crippen LogP contribution in [-0.2, 0) is 14.1 Å². The van der Waals surface area contributed by atoms with Gasteiger partial charge in [0.1, 0.15) is 23.1 Å². The van der Waals surface area contributed by atoms with Gasteiger partial charge in [0.15, 0.2) is 0 Å². The monoisotopic (exact) mass is 582 g/mol. The van der Waals surface area contributed by atoms with Gasteiger partial charge in [-0.3, -0.25) is 0 Å². The average molecular weight is 583 g/mol. The molecular formula is C40H30N4O. The average Bonchev–Trinajstić information content (AvgIpc) is 3.62. The lowest BCUT2D eigenvalue weighted by Crippen LogP contribution is -1.96. The number of aryl methyl sites for hydroxylation is 2. The maximum atomic E-state index is 6.78. The molecule has 0 spiro atoms. The molecule has 0 radical (unpaired) electrons. The second kappa shape index (κ2) is 11.0. The highest BCUT2D eigenvalue weighted by Gasteiger charge is 2.16. The second-order valence-corrected chi connectivity index (χ2v) is 11.3. The van der Waals surface area contributed by atoms with E-state index in [9.17, 15) is 0 Å². The van der Waals surface area contributed by atoms with Gasteiger partial charge in [0.05, 0.1) is 22.1 Å². The zero-order chi connectivity index (χ0) is 30.3. The Morgan fingerprint density at radius 3 is 1.20 bits per heavy atom. The Balaban J connectivity index is 1.29. The van der Waals surface area contributed by atoms with Crippen LogP contribution in [0.1, 0.15) is 0 Å². The number of imidazole rings is 2. The lowest BCUT2D eigenvalue weighted by molar-refractivity contribution is 0.483. The van der Waals surface area contributed by atoms with Crippen LogP contribution in [0.3, 0.4) is 0 Å². The minimum atomic E-state index is 0.736. The Morgan fingerprint density at radius 2 is 0.778 bits per heavy atom. The summed E-state index contributed by atoms with van der Waals surface area (Å²) < 4.78 is 11.1. The largest absolute Gasteiger partial charge is 0.457 e. The molecule has 2 heterocycles. The van der Waals surface area contributed by atoms with Crippen molar-refractivity contribution in [2.75, 3.05) is 0 Å². The van der Waals surface area contributed by atoms with Crippen molar-refractivity contribution >= 4 is 22.1 Å². The van der Waals surface area contributed by atoms with E-state index < -0.39 is 0 Å². The van der Waals surface area contributed by atoms with Gasteiger partial charge in [0, 0.05) is 25.2 Å². The number of benzene rings is 6. The Morgan fingerprint density at radius 1 is 0.400 bits per heavy atom. The van der Waals surface area contributed by atoms with Crippen molar-refractivity contribution in [2.24, 2.45) is 14.1 Å². The number of hydrogen-bond donors (Lipinski definition) is 0. The maximum Gasteiger partial charge on any atom is 0.141 e. The number of rotatable bonds is 6. The number of fused-ring (bicyclic) bond motifs is 2. The van der Waals surface area contributed by atoms with Crippen molar-refractivity contribution in [3.05, 3.63) is 146 Å². The van der Waals surface area contributed by atoms with Crippen LogP contribution >= 0.6 is 0 Å². The summed E-state index contributed by atoms with van der Waals surface area (Å²) in [5, 5.41) is 0. The van der Waals surface area contributed by atoms with E-state index in [1.165, 1.54) is 0 Å². The lowest BCUT2D eigenvalue weighted by Gasteiger charge is -2.14. The van der Waals surface area contributed by atoms with E-state index in [0.717, 1.165) is 78.6 Å². The maximum absolute atomic E-state index is 6.78. The van der Waals surface area contributed by atoms with Gasteiger partial charge >= 0.3 is 0 Å². The van der Waals surface area contributed by atoms with Gasteiger partial charge < -0.3 is 13.9 Å². The minimum absolute atomic E-state index is 0.736. The van der Waals surface area contributed by atoms with E-state index in [1.807, 2.05) is 36.4 Å². The molecule has 0 fully saturated rings. The molecule has 8 rings (SSSR count). The molecule has 45 heavy (non-hydrogen) atoms. The number of nitrogens with zero attached hydrogens (tertiary/aromatic N) is 4. The fourth-order valence-electron chi connectivity index (χ4n) is 6.11. The first-order chi connectivity index (χ1) is 22.1. The molecule has 0 saturated carbocycles. The van der Waals surface area contributed by atoms with Gasteiger partial charge in [-0.05, 0) is 82.9 Å². The molecule has 216 valence electrons. The summed E-state index contributed by atoms with van der Waals surface area (Å²) in [5.74, 6) is 3.24. The van der Waals surface area contributed by atoms with Crippen molar-refractivity contribution in [1.29, 1.82) is 0 Å². The van der Waals surface area contributed by atoms with Gasteiger partial charge in [0.2, 0.25) is 0 Å². The third kappa shape index (κ3) is 4.94. The van der Waals surface area contributed by atoms with Crippen LogP contribution in [0.2, 0.25) is 0 Å². The van der Waals surface area contributed by atoms with E-state index in [1.54, 1.807) is 0 Å². The van der Waals surface area contributed by atoms with Crippen molar-refractivity contribution in [1.82, 2.24) is 19.1 Å². The van der Waals surface area contributed by atoms with Crippen LogP contribution < -0.4 is 4.74 Å². The zero-order valence-corrected chi connectivity index (χ0v) is 25.1. The zero-order valence-electron chi connectivity index (χ0n) is 25.1. The molecule has 6 aromatic carbocycles. The standard InChI is InChI=1S/C40H30N4O/c1-43-37-19-11-9-17-35(37)41-39(43)31-21-29(27-13-5-3-6-14-27)23-33(25-31)45-34-24-30(28-15-7-4-8-16-28)22-32(26-34)40-42-36-18-10-12-20-38(36)44(40)2/h3-26H,1-2H3. The summed E-state index contributed by atoms with van der Waals surface area (Å²) >= 11 is 0. The quantitative estimate of drug-likeness (QED) is 0.196. The van der Waals surface area contributed by atoms with Crippen LogP contribution in [0, 0.1) is 0 Å². The second-order valence-electron chi connectivity index (χ2n) is 11.3. The van der Waals surface area contributed by atoms with E-state index >= 15 is 0 Å².